The van der Waals surface area contributed by atoms with Crippen LogP contribution in [0.4, 0.5) is 16.2 Å². The monoisotopic (exact) mass is 227 g/mol. The Morgan fingerprint density at radius 1 is 1.62 bits per heavy atom. The van der Waals surface area contributed by atoms with E-state index in [1.165, 1.54) is 4.90 Å². The molecule has 0 radical (unpaired) electrons. The van der Waals surface area contributed by atoms with Crippen LogP contribution in [-0.2, 0) is 4.79 Å². The molecule has 1 heterocycles. The van der Waals surface area contributed by atoms with Crippen molar-refractivity contribution in [2.24, 2.45) is 0 Å². The van der Waals surface area contributed by atoms with E-state index in [9.17, 15) is 9.18 Å². The van der Waals surface area contributed by atoms with Crippen LogP contribution >= 0.6 is 0 Å². The average molecular weight is 227 g/mol. The normalized spacial score (nSPS) is 12.0. The van der Waals surface area contributed by atoms with Gasteiger partial charge in [0.25, 0.3) is 0 Å². The second-order valence-electron chi connectivity index (χ2n) is 3.52. The van der Waals surface area contributed by atoms with Crippen molar-refractivity contribution in [3.63, 3.8) is 0 Å². The highest BCUT2D eigenvalue weighted by Gasteiger charge is 2.17. The number of rotatable bonds is 3. The van der Waals surface area contributed by atoms with Gasteiger partial charge in [-0.15, -0.1) is 0 Å². The van der Waals surface area contributed by atoms with Crippen LogP contribution in [0.15, 0.2) is 6.20 Å². The Morgan fingerprint density at radius 3 is 2.81 bits per heavy atom. The van der Waals surface area contributed by atoms with Crippen molar-refractivity contribution in [3.05, 3.63) is 12.0 Å². The van der Waals surface area contributed by atoms with Gasteiger partial charge in [0.15, 0.2) is 11.6 Å². The van der Waals surface area contributed by atoms with Crippen LogP contribution in [0.3, 0.4) is 0 Å². The van der Waals surface area contributed by atoms with Gasteiger partial charge in [0.05, 0.1) is 6.20 Å². The van der Waals surface area contributed by atoms with E-state index in [2.05, 4.69) is 15.3 Å². The molecule has 1 rings (SSSR count). The molecule has 1 aromatic heterocycles. The molecule has 0 fully saturated rings. The maximum absolute atomic E-state index is 13.2. The van der Waals surface area contributed by atoms with Crippen LogP contribution in [-0.4, -0.2) is 40.9 Å². The van der Waals surface area contributed by atoms with Crippen molar-refractivity contribution < 1.29 is 9.18 Å². The molecule has 0 saturated heterocycles. The Kier molecular flexibility index (Phi) is 3.60. The highest BCUT2D eigenvalue weighted by atomic mass is 19.1. The van der Waals surface area contributed by atoms with Gasteiger partial charge in [-0.1, -0.05) is 0 Å². The molecule has 0 spiro atoms. The van der Waals surface area contributed by atoms with E-state index in [1.807, 2.05) is 0 Å². The van der Waals surface area contributed by atoms with Crippen LogP contribution in [0.1, 0.15) is 6.92 Å². The zero-order valence-electron chi connectivity index (χ0n) is 9.36. The molecule has 88 valence electrons. The minimum Gasteiger partial charge on any atom is -0.368 e. The largest absolute Gasteiger partial charge is 0.368 e. The van der Waals surface area contributed by atoms with Gasteiger partial charge in [-0.25, -0.2) is 9.37 Å². The quantitative estimate of drug-likeness (QED) is 0.764. The number of anilines is 2. The molecule has 0 saturated carbocycles. The molecule has 0 aliphatic heterocycles. The van der Waals surface area contributed by atoms with Gasteiger partial charge in [-0.2, -0.15) is 4.98 Å². The predicted octanol–water partition coefficient (Wildman–Crippen LogP) is 0.0865. The van der Waals surface area contributed by atoms with Gasteiger partial charge < -0.3 is 16.0 Å². The van der Waals surface area contributed by atoms with Crippen LogP contribution in [0.2, 0.25) is 0 Å². The number of aromatic nitrogens is 2. The molecule has 7 heteroatoms. The molecular formula is C9H14FN5O. The summed E-state index contributed by atoms with van der Waals surface area (Å²) in [6.07, 6.45) is 0.956. The maximum atomic E-state index is 13.2. The first-order valence-electron chi connectivity index (χ1n) is 4.67. The number of hydrogen-bond acceptors (Lipinski definition) is 5. The van der Waals surface area contributed by atoms with E-state index < -0.39 is 11.9 Å². The van der Waals surface area contributed by atoms with Crippen LogP contribution in [0.25, 0.3) is 0 Å². The molecule has 1 amide bonds. The van der Waals surface area contributed by atoms with Gasteiger partial charge in [0, 0.05) is 14.1 Å². The third-order valence-electron chi connectivity index (χ3n) is 1.93. The summed E-state index contributed by atoms with van der Waals surface area (Å²) in [6.45, 7) is 1.61. The molecule has 6 nitrogen and oxygen atoms in total. The summed E-state index contributed by atoms with van der Waals surface area (Å²) in [5.74, 6) is -0.951. The Hall–Kier alpha value is -1.92. The van der Waals surface area contributed by atoms with E-state index in [-0.39, 0.29) is 17.7 Å². The molecule has 3 N–H and O–H groups in total. The predicted molar refractivity (Wildman–Crippen MR) is 58.2 cm³/mol. The Labute approximate surface area is 92.7 Å². The van der Waals surface area contributed by atoms with E-state index in [1.54, 1.807) is 21.0 Å². The van der Waals surface area contributed by atoms with Crippen LogP contribution in [0, 0.1) is 5.82 Å². The first-order valence-corrected chi connectivity index (χ1v) is 4.67. The summed E-state index contributed by atoms with van der Waals surface area (Å²) >= 11 is 0. The second kappa shape index (κ2) is 4.73. The van der Waals surface area contributed by atoms with Crippen molar-refractivity contribution in [2.75, 3.05) is 25.1 Å². The van der Waals surface area contributed by atoms with Crippen LogP contribution < -0.4 is 11.1 Å². The van der Waals surface area contributed by atoms with Crippen molar-refractivity contribution in [2.45, 2.75) is 13.0 Å². The molecule has 1 aromatic rings. The zero-order chi connectivity index (χ0) is 12.3. The fourth-order valence-corrected chi connectivity index (χ4v) is 1.14. The number of nitrogens with two attached hydrogens (primary N) is 1. The Balaban J connectivity index is 2.80. The minimum absolute atomic E-state index is 0.0478. The first kappa shape index (κ1) is 12.2. The van der Waals surface area contributed by atoms with E-state index in [0.29, 0.717) is 0 Å². The molecule has 0 aromatic carbocycles. The van der Waals surface area contributed by atoms with Crippen LogP contribution in [0.5, 0.6) is 0 Å². The lowest BCUT2D eigenvalue weighted by Crippen LogP contribution is -2.37. The SMILES string of the molecule is CC(Nc1nc(N)ncc1F)C(=O)N(C)C. The van der Waals surface area contributed by atoms with Gasteiger partial charge in [0.2, 0.25) is 11.9 Å². The Bertz CT molecular complexity index is 395. The van der Waals surface area contributed by atoms with Crippen molar-refractivity contribution in [1.82, 2.24) is 14.9 Å². The van der Waals surface area contributed by atoms with E-state index in [4.69, 9.17) is 5.73 Å². The molecule has 0 aliphatic carbocycles. The number of amides is 1. The summed E-state index contributed by atoms with van der Waals surface area (Å²) in [4.78, 5) is 20.1. The lowest BCUT2D eigenvalue weighted by Gasteiger charge is -2.18. The number of halogens is 1. The van der Waals surface area contributed by atoms with E-state index in [0.717, 1.165) is 6.20 Å². The summed E-state index contributed by atoms with van der Waals surface area (Å²) in [5.41, 5.74) is 5.31. The van der Waals surface area contributed by atoms with Gasteiger partial charge in [0.1, 0.15) is 6.04 Å². The molecule has 1 atom stereocenters. The smallest absolute Gasteiger partial charge is 0.244 e. The number of nitrogen functional groups attached to an aromatic ring is 1. The van der Waals surface area contributed by atoms with Crippen molar-refractivity contribution in [3.8, 4) is 0 Å². The van der Waals surface area contributed by atoms with Gasteiger partial charge >= 0.3 is 0 Å². The number of hydrogen-bond donors (Lipinski definition) is 2. The fraction of sp³-hybridized carbons (Fsp3) is 0.444. The average Bonchev–Trinajstić information content (AvgIpc) is 2.22. The standard InChI is InChI=1S/C9H14FN5O/c1-5(8(16)15(2)3)13-7-6(10)4-12-9(11)14-7/h4-5H,1-3H3,(H3,11,12,13,14). The lowest BCUT2D eigenvalue weighted by atomic mass is 10.3. The summed E-state index contributed by atoms with van der Waals surface area (Å²) in [5, 5.41) is 2.63. The third-order valence-corrected chi connectivity index (χ3v) is 1.93. The van der Waals surface area contributed by atoms with E-state index >= 15 is 0 Å². The molecule has 16 heavy (non-hydrogen) atoms. The van der Waals surface area contributed by atoms with Gasteiger partial charge in [-0.3, -0.25) is 4.79 Å². The van der Waals surface area contributed by atoms with Crippen molar-refractivity contribution >= 4 is 17.7 Å². The first-order chi connectivity index (χ1) is 7.41. The number of nitrogens with one attached hydrogen (secondary N) is 1. The number of likely N-dealkylation sites (N-methyl/N-ethyl adjacent to an activating group) is 1. The summed E-state index contributed by atoms with van der Waals surface area (Å²) < 4.78 is 13.2. The lowest BCUT2D eigenvalue weighted by molar-refractivity contribution is -0.129. The molecule has 0 aliphatic rings. The minimum atomic E-state index is -0.646. The molecular weight excluding hydrogens is 213 g/mol. The maximum Gasteiger partial charge on any atom is 0.244 e. The molecule has 1 unspecified atom stereocenters. The third kappa shape index (κ3) is 2.78. The fourth-order valence-electron chi connectivity index (χ4n) is 1.14. The highest BCUT2D eigenvalue weighted by molar-refractivity contribution is 5.83. The zero-order valence-corrected chi connectivity index (χ0v) is 9.36. The number of carbonyl (C=O) groups excluding carboxylic acids is 1. The highest BCUT2D eigenvalue weighted by Crippen LogP contribution is 2.11. The Morgan fingerprint density at radius 2 is 2.25 bits per heavy atom. The number of carbonyl (C=O) groups is 1. The van der Waals surface area contributed by atoms with Crippen molar-refractivity contribution in [1.29, 1.82) is 0 Å². The topological polar surface area (TPSA) is 84.1 Å². The van der Waals surface area contributed by atoms with Gasteiger partial charge in [-0.05, 0) is 6.92 Å². The summed E-state index contributed by atoms with van der Waals surface area (Å²) in [6, 6.07) is -0.584. The second-order valence-corrected chi connectivity index (χ2v) is 3.52. The molecule has 0 bridgehead atoms. The number of nitrogens with zero attached hydrogens (tertiary/aromatic N) is 3. The summed E-state index contributed by atoms with van der Waals surface area (Å²) in [7, 11) is 3.23.